The lowest BCUT2D eigenvalue weighted by atomic mass is 9.86. The number of aryl methyl sites for hydroxylation is 1. The molecule has 1 atom stereocenters. The zero-order valence-corrected chi connectivity index (χ0v) is 22.0. The Bertz CT molecular complexity index is 1370. The molecule has 0 spiro atoms. The highest BCUT2D eigenvalue weighted by Crippen LogP contribution is 2.49. The molecule has 1 fully saturated rings. The second-order valence-corrected chi connectivity index (χ2v) is 10.2. The van der Waals surface area contributed by atoms with Crippen LogP contribution < -0.4 is 0 Å². The maximum absolute atomic E-state index is 14.2. The van der Waals surface area contributed by atoms with Gasteiger partial charge >= 0.3 is 12.4 Å². The molecular weight excluding hydrogens is 591 g/mol. The normalized spacial score (nSPS) is 20.5. The van der Waals surface area contributed by atoms with Crippen LogP contribution in [-0.2, 0) is 20.0 Å². The third-order valence-corrected chi connectivity index (χ3v) is 6.84. The Morgan fingerprint density at radius 2 is 1.60 bits per heavy atom. The second-order valence-electron chi connectivity index (χ2n) is 9.38. The summed E-state index contributed by atoms with van der Waals surface area (Å²) >= 11 is 11.8. The van der Waals surface area contributed by atoms with Gasteiger partial charge in [0.15, 0.2) is 5.78 Å². The van der Waals surface area contributed by atoms with E-state index in [9.17, 15) is 40.7 Å². The Balaban J connectivity index is 1.49. The molecule has 0 N–H and O–H groups in total. The maximum Gasteiger partial charge on any atom is 0.435 e. The highest BCUT2D eigenvalue weighted by Gasteiger charge is 2.62. The molecule has 0 saturated carbocycles. The van der Waals surface area contributed by atoms with Crippen LogP contribution in [0.5, 0.6) is 0 Å². The van der Waals surface area contributed by atoms with Crippen LogP contribution in [0.15, 0.2) is 41.6 Å². The van der Waals surface area contributed by atoms with E-state index in [-0.39, 0.29) is 37.3 Å². The fourth-order valence-electron chi connectivity index (χ4n) is 4.51. The molecule has 0 aromatic heterocycles. The van der Waals surface area contributed by atoms with Gasteiger partial charge in [-0.1, -0.05) is 40.5 Å². The van der Waals surface area contributed by atoms with Crippen molar-refractivity contribution in [2.75, 3.05) is 26.2 Å². The Morgan fingerprint density at radius 1 is 1.00 bits per heavy atom. The Kier molecular flexibility index (Phi) is 7.96. The first-order chi connectivity index (χ1) is 18.5. The molecular formula is C25H19Cl2F6N3O4. The first-order valence-corrected chi connectivity index (χ1v) is 12.3. The van der Waals surface area contributed by atoms with Crippen molar-refractivity contribution in [3.63, 3.8) is 0 Å². The fraction of sp³-hybridized carbons (Fsp3) is 0.360. The van der Waals surface area contributed by atoms with Gasteiger partial charge in [0.25, 0.3) is 5.60 Å². The molecule has 40 heavy (non-hydrogen) atoms. The van der Waals surface area contributed by atoms with E-state index in [1.807, 2.05) is 0 Å². The number of benzene rings is 2. The van der Waals surface area contributed by atoms with Gasteiger partial charge in [0.1, 0.15) is 6.54 Å². The number of hydrogen-bond donors (Lipinski definition) is 0. The third kappa shape index (κ3) is 6.11. The molecule has 2 aromatic carbocycles. The van der Waals surface area contributed by atoms with Crippen LogP contribution in [0.25, 0.3) is 0 Å². The zero-order chi connectivity index (χ0) is 29.6. The van der Waals surface area contributed by atoms with Gasteiger partial charge in [0.2, 0.25) is 11.8 Å². The predicted octanol–water partition coefficient (Wildman–Crippen LogP) is 5.30. The minimum Gasteiger partial charge on any atom is -0.374 e. The van der Waals surface area contributed by atoms with Crippen LogP contribution in [0.4, 0.5) is 26.3 Å². The summed E-state index contributed by atoms with van der Waals surface area (Å²) < 4.78 is 80.6. The third-order valence-electron chi connectivity index (χ3n) is 6.40. The molecule has 2 heterocycles. The van der Waals surface area contributed by atoms with E-state index in [4.69, 9.17) is 28.0 Å². The van der Waals surface area contributed by atoms with Crippen LogP contribution in [0.2, 0.25) is 10.0 Å². The molecule has 1 saturated heterocycles. The van der Waals surface area contributed by atoms with E-state index in [1.165, 1.54) is 31.2 Å². The van der Waals surface area contributed by atoms with Crippen molar-refractivity contribution in [1.82, 2.24) is 9.80 Å². The molecule has 1 unspecified atom stereocenters. The van der Waals surface area contributed by atoms with Gasteiger partial charge in [-0.25, -0.2) is 0 Å². The van der Waals surface area contributed by atoms with E-state index in [1.54, 1.807) is 0 Å². The van der Waals surface area contributed by atoms with E-state index in [0.29, 0.717) is 5.56 Å². The number of carbonyl (C=O) groups is 3. The second kappa shape index (κ2) is 10.7. The highest BCUT2D eigenvalue weighted by molar-refractivity contribution is 6.34. The zero-order valence-electron chi connectivity index (χ0n) is 20.5. The van der Waals surface area contributed by atoms with E-state index >= 15 is 0 Å². The van der Waals surface area contributed by atoms with E-state index in [2.05, 4.69) is 5.16 Å². The molecule has 2 aromatic rings. The van der Waals surface area contributed by atoms with E-state index in [0.717, 1.165) is 17.0 Å². The topological polar surface area (TPSA) is 79.3 Å². The number of oxime groups is 1. The fourth-order valence-corrected chi connectivity index (χ4v) is 5.03. The molecule has 15 heteroatoms. The largest absolute Gasteiger partial charge is 0.435 e. The molecule has 7 nitrogen and oxygen atoms in total. The number of rotatable bonds is 6. The number of Topliss-reactive ketones (excluding diaryl/α,β-unsaturated/α-hetero) is 1. The van der Waals surface area contributed by atoms with Crippen molar-refractivity contribution < 1.29 is 45.6 Å². The van der Waals surface area contributed by atoms with Crippen LogP contribution in [0.3, 0.4) is 0 Å². The van der Waals surface area contributed by atoms with E-state index < -0.39 is 68.2 Å². The average molecular weight is 610 g/mol. The highest BCUT2D eigenvalue weighted by atomic mass is 35.5. The summed E-state index contributed by atoms with van der Waals surface area (Å²) in [4.78, 5) is 43.2. The lowest BCUT2D eigenvalue weighted by Gasteiger charge is -2.32. The smallest absolute Gasteiger partial charge is 0.374 e. The first-order valence-electron chi connectivity index (χ1n) is 11.5. The minimum absolute atomic E-state index is 0.0212. The van der Waals surface area contributed by atoms with Crippen LogP contribution in [0, 0.1) is 6.92 Å². The molecule has 0 bridgehead atoms. The number of alkyl halides is 6. The summed E-state index contributed by atoms with van der Waals surface area (Å²) in [7, 11) is 0. The number of carbonyl (C=O) groups excluding carboxylic acids is 3. The molecule has 2 aliphatic rings. The van der Waals surface area contributed by atoms with Gasteiger partial charge in [-0.05, 0) is 42.3 Å². The standard InChI is InChI=1S/C25H19Cl2F6N3O4/c1-13-4-14(19-8-23(40-34-19,25(31,32)33)15-5-16(26)7-17(27)6-15)2-3-18(13)20(37)9-35-10-21(38)36(22(39)11-35)12-24(28,29)30/h2-7H,8-12H2,1H3. The minimum atomic E-state index is -4.89. The lowest BCUT2D eigenvalue weighted by Crippen LogP contribution is -2.56. The number of amides is 2. The van der Waals surface area contributed by atoms with Gasteiger partial charge in [-0.15, -0.1) is 0 Å². The number of imide groups is 1. The lowest BCUT2D eigenvalue weighted by molar-refractivity contribution is -0.275. The van der Waals surface area contributed by atoms with Crippen LogP contribution >= 0.6 is 23.2 Å². The number of halogens is 8. The molecule has 2 aliphatic heterocycles. The van der Waals surface area contributed by atoms with Gasteiger partial charge in [0.05, 0.1) is 25.3 Å². The molecule has 4 rings (SSSR count). The van der Waals surface area contributed by atoms with Crippen LogP contribution in [-0.4, -0.2) is 71.6 Å². The van der Waals surface area contributed by atoms with Crippen LogP contribution in [0.1, 0.15) is 33.5 Å². The molecule has 0 aliphatic carbocycles. The molecule has 0 radical (unpaired) electrons. The Hall–Kier alpha value is -3.16. The Morgan fingerprint density at radius 3 is 2.12 bits per heavy atom. The van der Waals surface area contributed by atoms with Gasteiger partial charge in [-0.3, -0.25) is 24.2 Å². The summed E-state index contributed by atoms with van der Waals surface area (Å²) in [6.07, 6.45) is -10.3. The van der Waals surface area contributed by atoms with Crippen molar-refractivity contribution in [2.24, 2.45) is 5.16 Å². The number of piperazine rings is 1. The summed E-state index contributed by atoms with van der Waals surface area (Å²) in [6, 6.07) is 7.61. The first kappa shape index (κ1) is 29.8. The summed E-state index contributed by atoms with van der Waals surface area (Å²) in [5, 5.41) is 3.64. The maximum atomic E-state index is 14.2. The van der Waals surface area contributed by atoms with Crippen molar-refractivity contribution in [3.05, 3.63) is 68.7 Å². The number of nitrogens with zero attached hydrogens (tertiary/aromatic N) is 3. The monoisotopic (exact) mass is 609 g/mol. The summed E-state index contributed by atoms with van der Waals surface area (Å²) in [6.45, 7) is -1.74. The van der Waals surface area contributed by atoms with Crippen molar-refractivity contribution in [2.45, 2.75) is 31.3 Å². The summed E-state index contributed by atoms with van der Waals surface area (Å²) in [5.74, 6) is -2.71. The average Bonchev–Trinajstić information content (AvgIpc) is 3.27. The van der Waals surface area contributed by atoms with Gasteiger partial charge in [-0.2, -0.15) is 26.3 Å². The number of ketones is 1. The predicted molar refractivity (Wildman–Crippen MR) is 131 cm³/mol. The SMILES string of the molecule is Cc1cc(C2=NOC(c3cc(Cl)cc(Cl)c3)(C(F)(F)F)C2)ccc1C(=O)CN1CC(=O)N(CC(F)(F)F)C(=O)C1. The van der Waals surface area contributed by atoms with Crippen molar-refractivity contribution in [1.29, 1.82) is 0 Å². The Labute approximate surface area is 233 Å². The molecule has 214 valence electrons. The van der Waals surface area contributed by atoms with Gasteiger partial charge in [0, 0.05) is 27.6 Å². The van der Waals surface area contributed by atoms with Crippen molar-refractivity contribution in [3.8, 4) is 0 Å². The number of hydrogen-bond acceptors (Lipinski definition) is 6. The quantitative estimate of drug-likeness (QED) is 0.252. The van der Waals surface area contributed by atoms with Gasteiger partial charge < -0.3 is 4.84 Å². The van der Waals surface area contributed by atoms with Crippen molar-refractivity contribution >= 4 is 46.5 Å². The summed E-state index contributed by atoms with van der Waals surface area (Å²) in [5.41, 5.74) is -2.48. The molecule has 2 amide bonds.